The Morgan fingerprint density at radius 2 is 1.94 bits per heavy atom. The molecule has 0 spiro atoms. The molecule has 0 saturated heterocycles. The summed E-state index contributed by atoms with van der Waals surface area (Å²) in [5.41, 5.74) is -1.46. The van der Waals surface area contributed by atoms with Crippen molar-refractivity contribution in [3.05, 3.63) is 87.9 Å². The summed E-state index contributed by atoms with van der Waals surface area (Å²) in [7, 11) is 1.20. The Morgan fingerprint density at radius 3 is 2.69 bits per heavy atom. The van der Waals surface area contributed by atoms with Gasteiger partial charge in [-0.2, -0.15) is 0 Å². The summed E-state index contributed by atoms with van der Waals surface area (Å²) in [4.78, 5) is 32.7. The number of anilines is 2. The number of nitrogens with zero attached hydrogens (tertiary/aromatic N) is 2. The van der Waals surface area contributed by atoms with Gasteiger partial charge < -0.3 is 14.8 Å². The van der Waals surface area contributed by atoms with E-state index in [4.69, 9.17) is 11.6 Å². The van der Waals surface area contributed by atoms with Gasteiger partial charge in [0.2, 0.25) is 5.95 Å². The largest absolute Gasteiger partial charge is 0.453 e. The van der Waals surface area contributed by atoms with Crippen molar-refractivity contribution in [2.45, 2.75) is 5.72 Å². The number of aromatic nitrogens is 2. The van der Waals surface area contributed by atoms with Gasteiger partial charge in [-0.15, -0.1) is 12.4 Å². The molecule has 1 aromatic heterocycles. The first-order chi connectivity index (χ1) is 16.2. The van der Waals surface area contributed by atoms with Crippen LogP contribution in [0.1, 0.15) is 21.5 Å². The molecule has 1 unspecified atom stereocenters. The molecule has 1 aliphatic rings. The van der Waals surface area contributed by atoms with Gasteiger partial charge in [-0.05, 0) is 30.3 Å². The highest BCUT2D eigenvalue weighted by Crippen LogP contribution is 2.46. The zero-order valence-corrected chi connectivity index (χ0v) is 19.4. The maximum atomic E-state index is 14.9. The molecule has 5 rings (SSSR count). The molecule has 2 heterocycles. The van der Waals surface area contributed by atoms with Gasteiger partial charge in [0.15, 0.2) is 17.4 Å². The van der Waals surface area contributed by atoms with Gasteiger partial charge in [-0.1, -0.05) is 35.9 Å². The number of fused-ring (bicyclic) bond motifs is 2. The molecule has 0 fully saturated rings. The lowest BCUT2D eigenvalue weighted by atomic mass is 9.93. The summed E-state index contributed by atoms with van der Waals surface area (Å²) in [6.45, 7) is 0. The van der Waals surface area contributed by atoms with Crippen molar-refractivity contribution in [2.75, 3.05) is 17.3 Å². The average Bonchev–Trinajstić information content (AvgIpc) is 3.32. The lowest BCUT2D eigenvalue weighted by Crippen LogP contribution is -2.45. The van der Waals surface area contributed by atoms with E-state index in [1.807, 2.05) is 0 Å². The molecule has 3 N–H and O–H groups in total. The Labute approximate surface area is 207 Å². The van der Waals surface area contributed by atoms with Gasteiger partial charge in [-0.3, -0.25) is 15.0 Å². The third-order valence-corrected chi connectivity index (χ3v) is 5.78. The number of benzene rings is 3. The van der Waals surface area contributed by atoms with Crippen LogP contribution in [-0.2, 0) is 10.5 Å². The number of aromatic amines is 1. The van der Waals surface area contributed by atoms with Crippen molar-refractivity contribution < 1.29 is 28.2 Å². The Bertz CT molecular complexity index is 1500. The summed E-state index contributed by atoms with van der Waals surface area (Å²) in [5, 5.41) is 14.2. The topological polar surface area (TPSA) is 108 Å². The molecule has 0 bridgehead atoms. The molecule has 2 amide bonds. The van der Waals surface area contributed by atoms with Crippen molar-refractivity contribution in [3.8, 4) is 0 Å². The van der Waals surface area contributed by atoms with Gasteiger partial charge in [-0.25, -0.2) is 18.6 Å². The van der Waals surface area contributed by atoms with E-state index in [0.717, 1.165) is 17.0 Å². The Morgan fingerprint density at radius 1 is 1.20 bits per heavy atom. The van der Waals surface area contributed by atoms with Crippen molar-refractivity contribution >= 4 is 58.7 Å². The highest BCUT2D eigenvalue weighted by molar-refractivity contribution is 6.31. The second-order valence-corrected chi connectivity index (χ2v) is 7.95. The number of H-pyrrole nitrogens is 1. The first-order valence-corrected chi connectivity index (χ1v) is 10.3. The second-order valence-electron chi connectivity index (χ2n) is 7.51. The fourth-order valence-corrected chi connectivity index (χ4v) is 4.27. The maximum Gasteiger partial charge on any atom is 0.413 e. The molecule has 0 radical (unpaired) electrons. The number of hydrogen-bond donors (Lipinski definition) is 3. The smallest absolute Gasteiger partial charge is 0.413 e. The van der Waals surface area contributed by atoms with E-state index in [0.29, 0.717) is 11.0 Å². The number of imidazole rings is 1. The van der Waals surface area contributed by atoms with Crippen molar-refractivity contribution in [3.63, 3.8) is 0 Å². The SMILES string of the molecule is COC(=O)Nc1nc2ccc(C3(O)c4ccccc4C(=O)N3c3cc(Cl)cc(F)c3F)cc2[nH]1.Cl. The zero-order valence-electron chi connectivity index (χ0n) is 17.8. The van der Waals surface area contributed by atoms with E-state index in [1.54, 1.807) is 18.2 Å². The van der Waals surface area contributed by atoms with Crippen LogP contribution >= 0.6 is 24.0 Å². The zero-order chi connectivity index (χ0) is 24.2. The second kappa shape index (κ2) is 8.81. The lowest BCUT2D eigenvalue weighted by molar-refractivity contribution is 0.0698. The minimum absolute atomic E-state index is 0. The maximum absolute atomic E-state index is 14.9. The number of rotatable bonds is 3. The van der Waals surface area contributed by atoms with Crippen LogP contribution in [0.3, 0.4) is 0 Å². The van der Waals surface area contributed by atoms with E-state index < -0.39 is 35.0 Å². The van der Waals surface area contributed by atoms with E-state index in [2.05, 4.69) is 20.0 Å². The highest BCUT2D eigenvalue weighted by Gasteiger charge is 2.51. The first-order valence-electron chi connectivity index (χ1n) is 9.90. The molecule has 1 atom stereocenters. The fourth-order valence-electron chi connectivity index (χ4n) is 4.07. The molecule has 1 aliphatic heterocycles. The third-order valence-electron chi connectivity index (χ3n) is 5.56. The summed E-state index contributed by atoms with van der Waals surface area (Å²) in [6, 6.07) is 12.6. The van der Waals surface area contributed by atoms with Crippen LogP contribution in [0.2, 0.25) is 5.02 Å². The monoisotopic (exact) mass is 520 g/mol. The predicted octanol–water partition coefficient (Wildman–Crippen LogP) is 4.95. The van der Waals surface area contributed by atoms with Gasteiger partial charge in [0.1, 0.15) is 0 Å². The van der Waals surface area contributed by atoms with E-state index in [-0.39, 0.29) is 40.1 Å². The van der Waals surface area contributed by atoms with Crippen LogP contribution in [-0.4, -0.2) is 34.2 Å². The normalized spacial score (nSPS) is 16.7. The van der Waals surface area contributed by atoms with Crippen LogP contribution in [0.15, 0.2) is 54.6 Å². The molecule has 3 aromatic carbocycles. The van der Waals surface area contributed by atoms with Crippen molar-refractivity contribution in [2.24, 2.45) is 0 Å². The van der Waals surface area contributed by atoms with Crippen molar-refractivity contribution in [1.29, 1.82) is 0 Å². The van der Waals surface area contributed by atoms with Crippen LogP contribution in [0, 0.1) is 11.6 Å². The Hall–Kier alpha value is -3.73. The van der Waals surface area contributed by atoms with Crippen LogP contribution in [0.5, 0.6) is 0 Å². The summed E-state index contributed by atoms with van der Waals surface area (Å²) >= 11 is 5.95. The molecule has 12 heteroatoms. The number of halogens is 4. The third kappa shape index (κ3) is 3.75. The number of ether oxygens (including phenoxy) is 1. The number of amides is 2. The van der Waals surface area contributed by atoms with Gasteiger partial charge in [0, 0.05) is 21.7 Å². The minimum atomic E-state index is -2.21. The van der Waals surface area contributed by atoms with Crippen LogP contribution < -0.4 is 10.2 Å². The fraction of sp³-hybridized carbons (Fsp3) is 0.0870. The number of carbonyl (C=O) groups excluding carboxylic acids is 2. The molecule has 4 aromatic rings. The highest BCUT2D eigenvalue weighted by atomic mass is 35.5. The predicted molar refractivity (Wildman–Crippen MR) is 127 cm³/mol. The standard InChI is InChI=1S/C23H15ClF2N4O4.ClH/c1-34-22(32)29-21-27-16-7-6-11(8-17(16)28-21)23(33)14-5-3-2-4-13(14)20(31)30(23)18-10-12(24)9-15(25)19(18)26;/h2-10,33H,1H3,(H2,27,28,29,32);1H. The summed E-state index contributed by atoms with van der Waals surface area (Å²) in [5.74, 6) is -3.25. The summed E-state index contributed by atoms with van der Waals surface area (Å²) < 4.78 is 33.6. The molecule has 0 aliphatic carbocycles. The average molecular weight is 521 g/mol. The minimum Gasteiger partial charge on any atom is -0.453 e. The molecule has 8 nitrogen and oxygen atoms in total. The van der Waals surface area contributed by atoms with Gasteiger partial charge in [0.25, 0.3) is 5.91 Å². The molecule has 35 heavy (non-hydrogen) atoms. The number of methoxy groups -OCH3 is 1. The Kier molecular flexibility index (Phi) is 6.14. The summed E-state index contributed by atoms with van der Waals surface area (Å²) in [6.07, 6.45) is -0.738. The number of aliphatic hydroxyl groups is 1. The number of carbonyl (C=O) groups is 2. The van der Waals surface area contributed by atoms with Crippen molar-refractivity contribution in [1.82, 2.24) is 9.97 Å². The quantitative estimate of drug-likeness (QED) is 0.331. The molecule has 180 valence electrons. The van der Waals surface area contributed by atoms with E-state index in [1.165, 1.54) is 31.4 Å². The van der Waals surface area contributed by atoms with E-state index >= 15 is 0 Å². The van der Waals surface area contributed by atoms with Gasteiger partial charge >= 0.3 is 6.09 Å². The molecular formula is C23H16Cl2F2N4O4. The first kappa shape index (κ1) is 24.4. The van der Waals surface area contributed by atoms with Crippen LogP contribution in [0.25, 0.3) is 11.0 Å². The van der Waals surface area contributed by atoms with Gasteiger partial charge in [0.05, 0.1) is 23.8 Å². The number of hydrogen-bond acceptors (Lipinski definition) is 5. The van der Waals surface area contributed by atoms with Crippen LogP contribution in [0.4, 0.5) is 25.2 Å². The lowest BCUT2D eigenvalue weighted by Gasteiger charge is -2.35. The van der Waals surface area contributed by atoms with E-state index in [9.17, 15) is 23.5 Å². The molecular weight excluding hydrogens is 505 g/mol. The number of nitrogens with one attached hydrogen (secondary N) is 2. The Balaban J connectivity index is 0.00000289. The molecule has 0 saturated carbocycles.